The zero-order valence-corrected chi connectivity index (χ0v) is 10.9. The van der Waals surface area contributed by atoms with Gasteiger partial charge in [-0.1, -0.05) is 28.9 Å². The van der Waals surface area contributed by atoms with E-state index in [1.165, 1.54) is 18.2 Å². The summed E-state index contributed by atoms with van der Waals surface area (Å²) in [6.45, 7) is 2.50. The van der Waals surface area contributed by atoms with Gasteiger partial charge < -0.3 is 5.32 Å². The molecule has 0 spiro atoms. The average molecular weight is 301 g/mol. The van der Waals surface area contributed by atoms with E-state index < -0.39 is 4.92 Å². The summed E-state index contributed by atoms with van der Waals surface area (Å²) in [5.41, 5.74) is 0.221. The van der Waals surface area contributed by atoms with Crippen LogP contribution < -0.4 is 5.32 Å². The second kappa shape index (κ2) is 6.34. The summed E-state index contributed by atoms with van der Waals surface area (Å²) >= 11 is 3.39. The van der Waals surface area contributed by atoms with Crippen LogP contribution in [0.3, 0.4) is 0 Å². The molecule has 1 aromatic rings. The highest BCUT2D eigenvalue weighted by atomic mass is 79.9. The van der Waals surface area contributed by atoms with Gasteiger partial charge in [-0.25, -0.2) is 0 Å². The molecule has 6 heteroatoms. The van der Waals surface area contributed by atoms with Crippen LogP contribution in [0.2, 0.25) is 0 Å². The molecule has 1 N–H and O–H groups in total. The van der Waals surface area contributed by atoms with E-state index in [0.29, 0.717) is 12.1 Å². The molecule has 0 fully saturated rings. The molecular formula is C11H13BrN2O3. The fourth-order valence-corrected chi connectivity index (χ4v) is 1.37. The fourth-order valence-electron chi connectivity index (χ4n) is 1.21. The third kappa shape index (κ3) is 4.14. The first kappa shape index (κ1) is 13.6. The highest BCUT2D eigenvalue weighted by Gasteiger charge is 2.11. The SMILES string of the molecule is CCC(Br)CNC(=O)c1cccc([N+](=O)[O-])c1. The van der Waals surface area contributed by atoms with Crippen molar-refractivity contribution in [3.8, 4) is 0 Å². The average Bonchev–Trinajstić information content (AvgIpc) is 2.35. The number of non-ortho nitro benzene ring substituents is 1. The first-order valence-corrected chi connectivity index (χ1v) is 6.13. The first-order valence-electron chi connectivity index (χ1n) is 5.21. The number of hydrogen-bond donors (Lipinski definition) is 1. The topological polar surface area (TPSA) is 72.2 Å². The molecule has 0 aliphatic heterocycles. The van der Waals surface area contributed by atoms with Gasteiger partial charge >= 0.3 is 0 Å². The minimum absolute atomic E-state index is 0.0801. The summed E-state index contributed by atoms with van der Waals surface area (Å²) in [7, 11) is 0. The van der Waals surface area contributed by atoms with Gasteiger partial charge in [-0.15, -0.1) is 0 Å². The van der Waals surface area contributed by atoms with Gasteiger partial charge in [-0.3, -0.25) is 14.9 Å². The molecule has 1 unspecified atom stereocenters. The highest BCUT2D eigenvalue weighted by molar-refractivity contribution is 9.09. The molecule has 0 aromatic heterocycles. The quantitative estimate of drug-likeness (QED) is 0.516. The number of nitrogens with one attached hydrogen (secondary N) is 1. The maximum atomic E-state index is 11.7. The van der Waals surface area contributed by atoms with E-state index in [9.17, 15) is 14.9 Å². The van der Waals surface area contributed by atoms with Crippen molar-refractivity contribution in [2.75, 3.05) is 6.54 Å². The lowest BCUT2D eigenvalue weighted by atomic mass is 10.2. The van der Waals surface area contributed by atoms with Crippen LogP contribution in [-0.2, 0) is 0 Å². The standard InChI is InChI=1S/C11H13BrN2O3/c1-2-9(12)7-13-11(15)8-4-3-5-10(6-8)14(16)17/h3-6,9H,2,7H2,1H3,(H,13,15). The summed E-state index contributed by atoms with van der Waals surface area (Å²) in [6, 6.07) is 5.68. The summed E-state index contributed by atoms with van der Waals surface area (Å²) in [4.78, 5) is 21.9. The third-order valence-corrected chi connectivity index (χ3v) is 3.22. The van der Waals surface area contributed by atoms with Crippen LogP contribution in [0.15, 0.2) is 24.3 Å². The molecule has 0 aliphatic rings. The number of rotatable bonds is 5. The second-order valence-electron chi connectivity index (χ2n) is 3.52. The van der Waals surface area contributed by atoms with Gasteiger partial charge in [-0.2, -0.15) is 0 Å². The number of benzene rings is 1. The lowest BCUT2D eigenvalue weighted by molar-refractivity contribution is -0.384. The van der Waals surface area contributed by atoms with Gasteiger partial charge in [-0.05, 0) is 12.5 Å². The Hall–Kier alpha value is -1.43. The van der Waals surface area contributed by atoms with Gasteiger partial charge in [0.15, 0.2) is 0 Å². The molecule has 0 saturated heterocycles. The van der Waals surface area contributed by atoms with Crippen molar-refractivity contribution in [1.82, 2.24) is 5.32 Å². The van der Waals surface area contributed by atoms with Crippen molar-refractivity contribution in [2.45, 2.75) is 18.2 Å². The number of alkyl halides is 1. The molecule has 0 saturated carbocycles. The Morgan fingerprint density at radius 2 is 2.29 bits per heavy atom. The van der Waals surface area contributed by atoms with Crippen LogP contribution in [0.1, 0.15) is 23.7 Å². The Bertz CT molecular complexity index is 423. The van der Waals surface area contributed by atoms with E-state index >= 15 is 0 Å². The van der Waals surface area contributed by atoms with Crippen LogP contribution in [-0.4, -0.2) is 22.2 Å². The number of hydrogen-bond acceptors (Lipinski definition) is 3. The summed E-state index contributed by atoms with van der Waals surface area (Å²) < 4.78 is 0. The maximum absolute atomic E-state index is 11.7. The van der Waals surface area contributed by atoms with Crippen molar-refractivity contribution >= 4 is 27.5 Å². The molecular weight excluding hydrogens is 288 g/mol. The molecule has 0 aliphatic carbocycles. The van der Waals surface area contributed by atoms with E-state index in [-0.39, 0.29) is 16.4 Å². The number of carbonyl (C=O) groups is 1. The predicted molar refractivity (Wildman–Crippen MR) is 68.4 cm³/mol. The molecule has 0 bridgehead atoms. The van der Waals surface area contributed by atoms with Crippen LogP contribution in [0, 0.1) is 10.1 Å². The minimum Gasteiger partial charge on any atom is -0.351 e. The minimum atomic E-state index is -0.518. The summed E-state index contributed by atoms with van der Waals surface area (Å²) in [5, 5.41) is 13.3. The normalized spacial score (nSPS) is 11.9. The van der Waals surface area contributed by atoms with E-state index in [2.05, 4.69) is 21.2 Å². The lowest BCUT2D eigenvalue weighted by Gasteiger charge is -2.08. The van der Waals surface area contributed by atoms with E-state index in [1.54, 1.807) is 6.07 Å². The molecule has 5 nitrogen and oxygen atoms in total. The Morgan fingerprint density at radius 3 is 2.88 bits per heavy atom. The maximum Gasteiger partial charge on any atom is 0.270 e. The van der Waals surface area contributed by atoms with Crippen molar-refractivity contribution in [3.05, 3.63) is 39.9 Å². The van der Waals surface area contributed by atoms with Gasteiger partial charge in [0.2, 0.25) is 0 Å². The molecule has 1 amide bonds. The Labute approximate surface area is 107 Å². The Balaban J connectivity index is 2.69. The van der Waals surface area contributed by atoms with Gasteiger partial charge in [0.25, 0.3) is 11.6 Å². The van der Waals surface area contributed by atoms with Crippen molar-refractivity contribution in [2.24, 2.45) is 0 Å². The molecule has 1 aromatic carbocycles. The third-order valence-electron chi connectivity index (χ3n) is 2.25. The smallest absolute Gasteiger partial charge is 0.270 e. The van der Waals surface area contributed by atoms with E-state index in [0.717, 1.165) is 6.42 Å². The number of nitro benzene ring substituents is 1. The number of nitrogens with zero attached hydrogens (tertiary/aromatic N) is 1. The second-order valence-corrected chi connectivity index (χ2v) is 4.82. The molecule has 92 valence electrons. The van der Waals surface area contributed by atoms with Crippen molar-refractivity contribution in [1.29, 1.82) is 0 Å². The van der Waals surface area contributed by atoms with Gasteiger partial charge in [0.05, 0.1) is 4.92 Å². The molecule has 1 rings (SSSR count). The van der Waals surface area contributed by atoms with Crippen molar-refractivity contribution in [3.63, 3.8) is 0 Å². The number of amides is 1. The molecule has 1 atom stereocenters. The van der Waals surface area contributed by atoms with E-state index in [1.807, 2.05) is 6.92 Å². The van der Waals surface area contributed by atoms with Gasteiger partial charge in [0.1, 0.15) is 0 Å². The fraction of sp³-hybridized carbons (Fsp3) is 0.364. The largest absolute Gasteiger partial charge is 0.351 e. The molecule has 0 radical (unpaired) electrons. The first-order chi connectivity index (χ1) is 8.04. The van der Waals surface area contributed by atoms with Crippen molar-refractivity contribution < 1.29 is 9.72 Å². The highest BCUT2D eigenvalue weighted by Crippen LogP contribution is 2.13. The summed E-state index contributed by atoms with van der Waals surface area (Å²) in [6.07, 6.45) is 0.898. The Kier molecular flexibility index (Phi) is 5.09. The number of halogens is 1. The van der Waals surface area contributed by atoms with Gasteiger partial charge in [0, 0.05) is 29.1 Å². The van der Waals surface area contributed by atoms with E-state index in [4.69, 9.17) is 0 Å². The monoisotopic (exact) mass is 300 g/mol. The van der Waals surface area contributed by atoms with Crippen LogP contribution >= 0.6 is 15.9 Å². The zero-order chi connectivity index (χ0) is 12.8. The Morgan fingerprint density at radius 1 is 1.59 bits per heavy atom. The van der Waals surface area contributed by atoms with Crippen LogP contribution in [0.4, 0.5) is 5.69 Å². The molecule has 0 heterocycles. The van der Waals surface area contributed by atoms with Crippen LogP contribution in [0.5, 0.6) is 0 Å². The summed E-state index contributed by atoms with van der Waals surface area (Å²) in [5.74, 6) is -0.299. The number of carbonyl (C=O) groups excluding carboxylic acids is 1. The lowest BCUT2D eigenvalue weighted by Crippen LogP contribution is -2.29. The molecule has 17 heavy (non-hydrogen) atoms. The predicted octanol–water partition coefficient (Wildman–Crippen LogP) is 2.50. The zero-order valence-electron chi connectivity index (χ0n) is 9.35. The van der Waals surface area contributed by atoms with Crippen LogP contribution in [0.25, 0.3) is 0 Å². The number of nitro groups is 1.